The molecule has 212 valence electrons. The molecular weight excluding hydrogens is 448 g/mol. The molecule has 1 aliphatic heterocycles. The third-order valence-electron chi connectivity index (χ3n) is 8.22. The second-order valence-electron chi connectivity index (χ2n) is 11.6. The maximum absolute atomic E-state index is 2.60. The molecule has 0 N–H and O–H groups in total. The molecule has 0 saturated carbocycles. The van der Waals surface area contributed by atoms with Crippen LogP contribution in [0.2, 0.25) is 0 Å². The summed E-state index contributed by atoms with van der Waals surface area (Å²) in [5.41, 5.74) is 1.44. The Morgan fingerprint density at radius 3 is 1.11 bits per heavy atom. The van der Waals surface area contributed by atoms with E-state index in [1.54, 1.807) is 0 Å². The van der Waals surface area contributed by atoms with Crippen LogP contribution in [0.25, 0.3) is 0 Å². The van der Waals surface area contributed by atoms with Gasteiger partial charge >= 0.3 is 0 Å². The van der Waals surface area contributed by atoms with E-state index in [4.69, 9.17) is 0 Å². The highest BCUT2D eigenvalue weighted by Crippen LogP contribution is 2.31. The lowest BCUT2D eigenvalue weighted by molar-refractivity contribution is 0.149. The molecule has 0 bridgehead atoms. The Balaban J connectivity index is 1.58. The summed E-state index contributed by atoms with van der Waals surface area (Å²) in [6, 6.07) is 11.2. The van der Waals surface area contributed by atoms with Crippen molar-refractivity contribution in [2.24, 2.45) is 0 Å². The van der Waals surface area contributed by atoms with Crippen molar-refractivity contribution < 1.29 is 0 Å². The standard InChI is InChI=1S/C35H62N2/c1-3-5-7-9-11-13-15-16-18-20-22-27-31-37-33-32-36(35(37)34-28-24-23-25-29-34)30-26-21-19-17-14-12-10-8-6-4-2/h23-25,28-29,32-33,35H,3-22,26-27,30-31H2,1-2H3. The van der Waals surface area contributed by atoms with Gasteiger partial charge in [0.05, 0.1) is 0 Å². The first-order valence-corrected chi connectivity index (χ1v) is 16.6. The predicted molar refractivity (Wildman–Crippen MR) is 165 cm³/mol. The van der Waals surface area contributed by atoms with Gasteiger partial charge in [0.25, 0.3) is 0 Å². The van der Waals surface area contributed by atoms with Gasteiger partial charge in [0, 0.05) is 25.5 Å². The number of rotatable bonds is 25. The summed E-state index contributed by atoms with van der Waals surface area (Å²) in [6.45, 7) is 6.97. The Labute approximate surface area is 232 Å². The van der Waals surface area contributed by atoms with Gasteiger partial charge in [-0.15, -0.1) is 0 Å². The largest absolute Gasteiger partial charge is 0.352 e. The van der Waals surface area contributed by atoms with E-state index in [9.17, 15) is 0 Å². The highest BCUT2D eigenvalue weighted by Gasteiger charge is 2.26. The molecule has 1 unspecified atom stereocenters. The lowest BCUT2D eigenvalue weighted by Crippen LogP contribution is -2.32. The van der Waals surface area contributed by atoms with Crippen molar-refractivity contribution >= 4 is 0 Å². The van der Waals surface area contributed by atoms with Crippen molar-refractivity contribution in [1.82, 2.24) is 9.80 Å². The fourth-order valence-corrected chi connectivity index (χ4v) is 5.84. The average Bonchev–Trinajstić information content (AvgIpc) is 3.33. The highest BCUT2D eigenvalue weighted by molar-refractivity contribution is 5.21. The van der Waals surface area contributed by atoms with E-state index in [2.05, 4.69) is 66.4 Å². The monoisotopic (exact) mass is 510 g/mol. The molecule has 0 aliphatic carbocycles. The normalized spacial score (nSPS) is 15.2. The second kappa shape index (κ2) is 22.5. The zero-order valence-electron chi connectivity index (χ0n) is 25.0. The van der Waals surface area contributed by atoms with Crippen LogP contribution in [0.1, 0.15) is 167 Å². The van der Waals surface area contributed by atoms with Crippen LogP contribution in [0.4, 0.5) is 0 Å². The number of unbranched alkanes of at least 4 members (excludes halogenated alkanes) is 20. The predicted octanol–water partition coefficient (Wildman–Crippen LogP) is 11.4. The molecule has 0 saturated heterocycles. The van der Waals surface area contributed by atoms with Crippen molar-refractivity contribution in [3.63, 3.8) is 0 Å². The summed E-state index contributed by atoms with van der Waals surface area (Å²) < 4.78 is 0. The molecule has 2 nitrogen and oxygen atoms in total. The van der Waals surface area contributed by atoms with Crippen LogP contribution in [0.3, 0.4) is 0 Å². The van der Waals surface area contributed by atoms with Crippen molar-refractivity contribution in [1.29, 1.82) is 0 Å². The minimum Gasteiger partial charge on any atom is -0.352 e. The van der Waals surface area contributed by atoms with Gasteiger partial charge in [0.1, 0.15) is 6.17 Å². The van der Waals surface area contributed by atoms with E-state index in [1.807, 2.05) is 0 Å². The quantitative estimate of drug-likeness (QED) is 0.121. The van der Waals surface area contributed by atoms with Gasteiger partial charge in [-0.25, -0.2) is 0 Å². The number of nitrogens with zero attached hydrogens (tertiary/aromatic N) is 2. The Morgan fingerprint density at radius 2 is 0.757 bits per heavy atom. The first-order valence-electron chi connectivity index (χ1n) is 16.6. The molecule has 1 heterocycles. The summed E-state index contributed by atoms with van der Waals surface area (Å²) in [5, 5.41) is 0. The minimum absolute atomic E-state index is 0.396. The molecule has 0 aromatic heterocycles. The highest BCUT2D eigenvalue weighted by atomic mass is 15.4. The van der Waals surface area contributed by atoms with Gasteiger partial charge in [0.15, 0.2) is 0 Å². The number of hydrogen-bond acceptors (Lipinski definition) is 2. The SMILES string of the molecule is CCCCCCCCCCCCCCN1C=CN(CCCCCCCCCCCC)C1c1ccccc1. The molecule has 0 spiro atoms. The van der Waals surface area contributed by atoms with Crippen molar-refractivity contribution in [3.05, 3.63) is 48.3 Å². The smallest absolute Gasteiger partial charge is 0.127 e. The third kappa shape index (κ3) is 14.9. The summed E-state index contributed by atoms with van der Waals surface area (Å²) in [5.74, 6) is 0. The van der Waals surface area contributed by atoms with Gasteiger partial charge in [-0.3, -0.25) is 0 Å². The molecule has 1 aromatic carbocycles. The van der Waals surface area contributed by atoms with Crippen molar-refractivity contribution in [2.45, 2.75) is 161 Å². The van der Waals surface area contributed by atoms with Crippen LogP contribution in [0.15, 0.2) is 42.7 Å². The maximum Gasteiger partial charge on any atom is 0.127 e. The topological polar surface area (TPSA) is 6.48 Å². The van der Waals surface area contributed by atoms with Gasteiger partial charge in [-0.05, 0) is 18.4 Å². The summed E-state index contributed by atoms with van der Waals surface area (Å²) in [4.78, 5) is 5.20. The molecule has 2 rings (SSSR count). The van der Waals surface area contributed by atoms with E-state index >= 15 is 0 Å². The molecule has 0 radical (unpaired) electrons. The van der Waals surface area contributed by atoms with Gasteiger partial charge in [-0.2, -0.15) is 0 Å². The fourth-order valence-electron chi connectivity index (χ4n) is 5.84. The lowest BCUT2D eigenvalue weighted by atomic mass is 10.0. The summed E-state index contributed by atoms with van der Waals surface area (Å²) in [6.07, 6.45) is 36.2. The average molecular weight is 511 g/mol. The van der Waals surface area contributed by atoms with E-state index in [0.717, 1.165) is 0 Å². The van der Waals surface area contributed by atoms with E-state index < -0.39 is 0 Å². The first-order chi connectivity index (χ1) is 18.4. The summed E-state index contributed by atoms with van der Waals surface area (Å²) >= 11 is 0. The van der Waals surface area contributed by atoms with Crippen LogP contribution in [-0.2, 0) is 0 Å². The summed E-state index contributed by atoms with van der Waals surface area (Å²) in [7, 11) is 0. The second-order valence-corrected chi connectivity index (χ2v) is 11.6. The van der Waals surface area contributed by atoms with Crippen LogP contribution in [0.5, 0.6) is 0 Å². The van der Waals surface area contributed by atoms with Crippen LogP contribution in [-0.4, -0.2) is 22.9 Å². The van der Waals surface area contributed by atoms with Crippen LogP contribution >= 0.6 is 0 Å². The van der Waals surface area contributed by atoms with Gasteiger partial charge in [0.2, 0.25) is 0 Å². The molecule has 2 heteroatoms. The van der Waals surface area contributed by atoms with E-state index in [1.165, 1.54) is 160 Å². The maximum atomic E-state index is 2.60. The zero-order valence-corrected chi connectivity index (χ0v) is 25.0. The van der Waals surface area contributed by atoms with Crippen LogP contribution < -0.4 is 0 Å². The fraction of sp³-hybridized carbons (Fsp3) is 0.771. The first kappa shape index (κ1) is 31.8. The zero-order chi connectivity index (χ0) is 26.2. The Morgan fingerprint density at radius 1 is 0.432 bits per heavy atom. The Hall–Kier alpha value is -1.44. The third-order valence-corrected chi connectivity index (χ3v) is 8.22. The van der Waals surface area contributed by atoms with E-state index in [-0.39, 0.29) is 0 Å². The van der Waals surface area contributed by atoms with Gasteiger partial charge in [-0.1, -0.05) is 173 Å². The molecule has 1 atom stereocenters. The number of hydrogen-bond donors (Lipinski definition) is 0. The molecule has 1 aliphatic rings. The van der Waals surface area contributed by atoms with Crippen LogP contribution in [0, 0.1) is 0 Å². The molecule has 0 fully saturated rings. The lowest BCUT2D eigenvalue weighted by Gasteiger charge is -2.33. The van der Waals surface area contributed by atoms with Gasteiger partial charge < -0.3 is 9.80 Å². The van der Waals surface area contributed by atoms with Crippen molar-refractivity contribution in [2.75, 3.05) is 13.1 Å². The molecule has 0 amide bonds. The molecule has 1 aromatic rings. The minimum atomic E-state index is 0.396. The van der Waals surface area contributed by atoms with E-state index in [0.29, 0.717) is 6.17 Å². The Bertz CT molecular complexity index is 640. The molecule has 37 heavy (non-hydrogen) atoms. The Kier molecular flexibility index (Phi) is 19.4. The number of benzene rings is 1. The van der Waals surface area contributed by atoms with Crippen molar-refractivity contribution in [3.8, 4) is 0 Å². The molecular formula is C35H62N2.